The average Bonchev–Trinajstić information content (AvgIpc) is 2.34. The zero-order valence-electron chi connectivity index (χ0n) is 6.25. The van der Waals surface area contributed by atoms with Crippen LogP contribution < -0.4 is 0 Å². The summed E-state index contributed by atoms with van der Waals surface area (Å²) in [6.45, 7) is 2.07. The quantitative estimate of drug-likeness (QED) is 0.557. The molecule has 1 aliphatic rings. The molecule has 0 amide bonds. The van der Waals surface area contributed by atoms with Crippen molar-refractivity contribution in [1.29, 1.82) is 0 Å². The lowest BCUT2D eigenvalue weighted by Gasteiger charge is -2.13. The first-order valence-corrected chi connectivity index (χ1v) is 3.74. The Kier molecular flexibility index (Phi) is 2.46. The second-order valence-corrected chi connectivity index (χ2v) is 2.88. The second-order valence-electron chi connectivity index (χ2n) is 2.88. The first-order chi connectivity index (χ1) is 4.75. The predicted molar refractivity (Wildman–Crippen MR) is 39.6 cm³/mol. The standard InChI is InChI=1S/C8H14O2/c1-6(5-9)7-3-2-4-8(7)10/h3,6,8-10H,2,4-5H2,1H3/t6-,8-/m0/s1. The third kappa shape index (κ3) is 1.39. The van der Waals surface area contributed by atoms with E-state index in [2.05, 4.69) is 0 Å². The average molecular weight is 142 g/mol. The molecule has 0 bridgehead atoms. The Morgan fingerprint density at radius 3 is 2.90 bits per heavy atom. The van der Waals surface area contributed by atoms with Crippen molar-refractivity contribution >= 4 is 0 Å². The Hall–Kier alpha value is -0.340. The zero-order valence-corrected chi connectivity index (χ0v) is 6.25. The SMILES string of the molecule is C[C@@H](CO)C1=CCC[C@@H]1O. The van der Waals surface area contributed by atoms with Gasteiger partial charge < -0.3 is 10.2 Å². The van der Waals surface area contributed by atoms with Crippen molar-refractivity contribution in [2.24, 2.45) is 5.92 Å². The molecule has 2 N–H and O–H groups in total. The van der Waals surface area contributed by atoms with E-state index in [1.165, 1.54) is 0 Å². The van der Waals surface area contributed by atoms with E-state index in [1.807, 2.05) is 13.0 Å². The maximum absolute atomic E-state index is 9.31. The molecule has 0 unspecified atom stereocenters. The van der Waals surface area contributed by atoms with Gasteiger partial charge >= 0.3 is 0 Å². The van der Waals surface area contributed by atoms with Gasteiger partial charge in [0.05, 0.1) is 6.10 Å². The molecule has 0 saturated carbocycles. The van der Waals surface area contributed by atoms with Crippen LogP contribution in [0.4, 0.5) is 0 Å². The topological polar surface area (TPSA) is 40.5 Å². The molecule has 58 valence electrons. The van der Waals surface area contributed by atoms with E-state index in [0.29, 0.717) is 0 Å². The Labute approximate surface area is 61.2 Å². The molecule has 0 saturated heterocycles. The minimum atomic E-state index is -0.290. The van der Waals surface area contributed by atoms with E-state index in [9.17, 15) is 5.11 Å². The fourth-order valence-electron chi connectivity index (χ4n) is 1.35. The molecule has 10 heavy (non-hydrogen) atoms. The molecular weight excluding hydrogens is 128 g/mol. The highest BCUT2D eigenvalue weighted by Gasteiger charge is 2.20. The summed E-state index contributed by atoms with van der Waals surface area (Å²) in [5, 5.41) is 18.1. The van der Waals surface area contributed by atoms with E-state index in [-0.39, 0.29) is 18.6 Å². The molecule has 0 spiro atoms. The number of hydrogen-bond acceptors (Lipinski definition) is 2. The molecule has 0 radical (unpaired) electrons. The Bertz CT molecular complexity index is 140. The molecule has 1 aliphatic carbocycles. The van der Waals surface area contributed by atoms with Gasteiger partial charge in [0.2, 0.25) is 0 Å². The summed E-state index contributed by atoms with van der Waals surface area (Å²) >= 11 is 0. The monoisotopic (exact) mass is 142 g/mol. The fourth-order valence-corrected chi connectivity index (χ4v) is 1.35. The molecule has 0 aromatic heterocycles. The second kappa shape index (κ2) is 3.17. The molecule has 0 fully saturated rings. The summed E-state index contributed by atoms with van der Waals surface area (Å²) in [5.74, 6) is 0.137. The number of hydrogen-bond donors (Lipinski definition) is 2. The maximum atomic E-state index is 9.31. The van der Waals surface area contributed by atoms with Crippen molar-refractivity contribution < 1.29 is 10.2 Å². The number of aliphatic hydroxyl groups excluding tert-OH is 2. The first kappa shape index (κ1) is 7.76. The summed E-state index contributed by atoms with van der Waals surface area (Å²) in [6, 6.07) is 0. The summed E-state index contributed by atoms with van der Waals surface area (Å²) in [7, 11) is 0. The van der Waals surface area contributed by atoms with E-state index in [0.717, 1.165) is 18.4 Å². The van der Waals surface area contributed by atoms with Crippen molar-refractivity contribution in [2.75, 3.05) is 6.61 Å². The van der Waals surface area contributed by atoms with Gasteiger partial charge in [-0.2, -0.15) is 0 Å². The molecule has 0 aliphatic heterocycles. The van der Waals surface area contributed by atoms with Crippen LogP contribution in [0.3, 0.4) is 0 Å². The molecule has 2 atom stereocenters. The highest BCUT2D eigenvalue weighted by Crippen LogP contribution is 2.24. The summed E-state index contributed by atoms with van der Waals surface area (Å²) in [4.78, 5) is 0. The van der Waals surface area contributed by atoms with Gasteiger partial charge in [-0.05, 0) is 18.4 Å². The van der Waals surface area contributed by atoms with Gasteiger partial charge in [-0.15, -0.1) is 0 Å². The summed E-state index contributed by atoms with van der Waals surface area (Å²) in [5.41, 5.74) is 1.02. The van der Waals surface area contributed by atoms with Crippen LogP contribution in [-0.4, -0.2) is 22.9 Å². The van der Waals surface area contributed by atoms with Gasteiger partial charge in [0.15, 0.2) is 0 Å². The van der Waals surface area contributed by atoms with E-state index in [1.54, 1.807) is 0 Å². The highest BCUT2D eigenvalue weighted by atomic mass is 16.3. The minimum Gasteiger partial charge on any atom is -0.396 e. The minimum absolute atomic E-state index is 0.137. The van der Waals surface area contributed by atoms with E-state index in [4.69, 9.17) is 5.11 Å². The zero-order chi connectivity index (χ0) is 7.56. The van der Waals surface area contributed by atoms with E-state index < -0.39 is 0 Å². The van der Waals surface area contributed by atoms with Gasteiger partial charge in [-0.25, -0.2) is 0 Å². The van der Waals surface area contributed by atoms with Crippen molar-refractivity contribution in [1.82, 2.24) is 0 Å². The normalized spacial score (nSPS) is 28.3. The molecule has 1 rings (SSSR count). The van der Waals surface area contributed by atoms with Crippen LogP contribution in [0.25, 0.3) is 0 Å². The van der Waals surface area contributed by atoms with Crippen LogP contribution in [0.5, 0.6) is 0 Å². The number of aliphatic hydroxyl groups is 2. The van der Waals surface area contributed by atoms with Crippen molar-refractivity contribution in [3.63, 3.8) is 0 Å². The van der Waals surface area contributed by atoms with Gasteiger partial charge in [-0.1, -0.05) is 13.0 Å². The largest absolute Gasteiger partial charge is 0.396 e. The van der Waals surface area contributed by atoms with Crippen LogP contribution in [0.2, 0.25) is 0 Å². The molecule has 0 heterocycles. The molecule has 2 heteroatoms. The number of allylic oxidation sites excluding steroid dienone is 1. The highest BCUT2D eigenvalue weighted by molar-refractivity contribution is 5.16. The molecule has 0 aromatic rings. The molecule has 0 aromatic carbocycles. The Morgan fingerprint density at radius 1 is 1.80 bits per heavy atom. The summed E-state index contributed by atoms with van der Waals surface area (Å²) < 4.78 is 0. The lowest BCUT2D eigenvalue weighted by atomic mass is 10.00. The fraction of sp³-hybridized carbons (Fsp3) is 0.750. The van der Waals surface area contributed by atoms with Crippen LogP contribution in [0, 0.1) is 5.92 Å². The molecule has 2 nitrogen and oxygen atoms in total. The molecular formula is C8H14O2. The van der Waals surface area contributed by atoms with Gasteiger partial charge in [-0.3, -0.25) is 0 Å². The third-order valence-electron chi connectivity index (χ3n) is 2.05. The third-order valence-corrected chi connectivity index (χ3v) is 2.05. The van der Waals surface area contributed by atoms with E-state index >= 15 is 0 Å². The van der Waals surface area contributed by atoms with Crippen LogP contribution in [0.15, 0.2) is 11.6 Å². The van der Waals surface area contributed by atoms with Crippen LogP contribution >= 0.6 is 0 Å². The Morgan fingerprint density at radius 2 is 2.50 bits per heavy atom. The predicted octanol–water partition coefficient (Wildman–Crippen LogP) is 0.696. The van der Waals surface area contributed by atoms with Gasteiger partial charge in [0.25, 0.3) is 0 Å². The van der Waals surface area contributed by atoms with Crippen LogP contribution in [-0.2, 0) is 0 Å². The van der Waals surface area contributed by atoms with Crippen molar-refractivity contribution in [3.05, 3.63) is 11.6 Å². The van der Waals surface area contributed by atoms with Crippen LogP contribution in [0.1, 0.15) is 19.8 Å². The Balaban J connectivity index is 2.53. The van der Waals surface area contributed by atoms with Crippen molar-refractivity contribution in [2.45, 2.75) is 25.9 Å². The lowest BCUT2D eigenvalue weighted by Crippen LogP contribution is -2.14. The van der Waals surface area contributed by atoms with Crippen molar-refractivity contribution in [3.8, 4) is 0 Å². The smallest absolute Gasteiger partial charge is 0.0756 e. The van der Waals surface area contributed by atoms with Gasteiger partial charge in [0.1, 0.15) is 0 Å². The lowest BCUT2D eigenvalue weighted by molar-refractivity contribution is 0.180. The maximum Gasteiger partial charge on any atom is 0.0756 e. The van der Waals surface area contributed by atoms with Gasteiger partial charge in [0, 0.05) is 12.5 Å². The number of rotatable bonds is 2. The first-order valence-electron chi connectivity index (χ1n) is 3.74. The summed E-state index contributed by atoms with van der Waals surface area (Å²) in [6.07, 6.45) is 3.54.